The summed E-state index contributed by atoms with van der Waals surface area (Å²) >= 11 is 3.18. The van der Waals surface area contributed by atoms with Crippen LogP contribution in [0.1, 0.15) is 25.6 Å². The molecule has 5 nitrogen and oxygen atoms in total. The number of thiazole rings is 1. The second-order valence-electron chi connectivity index (χ2n) is 6.67. The molecule has 3 aromatic rings. The first kappa shape index (κ1) is 19.3. The number of nitrogens with zero attached hydrogens (tertiary/aromatic N) is 2. The van der Waals surface area contributed by atoms with Crippen LogP contribution in [0.4, 0.5) is 0 Å². The molecular formula is C21H23N3O2S2. The van der Waals surface area contributed by atoms with Gasteiger partial charge in [0.2, 0.25) is 0 Å². The Hall–Kier alpha value is -2.06. The fraction of sp³-hybridized carbons (Fsp3) is 0.333. The topological polar surface area (TPSA) is 54.5 Å². The molecule has 0 spiro atoms. The molecule has 1 fully saturated rings. The molecule has 28 heavy (non-hydrogen) atoms. The maximum Gasteiger partial charge on any atom is 0.263 e. The summed E-state index contributed by atoms with van der Waals surface area (Å²) in [6.45, 7) is 5.76. The standard InChI is InChI=1S/C21H23N3O2S2/c1-15-23-19(16-6-3-2-4-7-16)20(28-15)21(25)22-14-17(18-8-5-13-27-18)24-9-11-26-12-10-24/h2-8,13,17H,9-12,14H2,1H3,(H,22,25)/t17-/m0/s1. The Morgan fingerprint density at radius 1 is 1.21 bits per heavy atom. The predicted molar refractivity (Wildman–Crippen MR) is 114 cm³/mol. The zero-order valence-corrected chi connectivity index (χ0v) is 17.4. The summed E-state index contributed by atoms with van der Waals surface area (Å²) < 4.78 is 5.50. The van der Waals surface area contributed by atoms with Gasteiger partial charge in [0, 0.05) is 30.1 Å². The Morgan fingerprint density at radius 3 is 2.71 bits per heavy atom. The molecule has 0 aliphatic carbocycles. The van der Waals surface area contributed by atoms with E-state index in [9.17, 15) is 4.79 Å². The monoisotopic (exact) mass is 413 g/mol. The Balaban J connectivity index is 1.51. The van der Waals surface area contributed by atoms with Crippen LogP contribution >= 0.6 is 22.7 Å². The lowest BCUT2D eigenvalue weighted by atomic mass is 10.1. The van der Waals surface area contributed by atoms with Gasteiger partial charge in [-0.1, -0.05) is 36.4 Å². The lowest BCUT2D eigenvalue weighted by Crippen LogP contribution is -2.43. The van der Waals surface area contributed by atoms with Gasteiger partial charge in [0.25, 0.3) is 5.91 Å². The fourth-order valence-corrected chi connectivity index (χ4v) is 5.14. The highest BCUT2D eigenvalue weighted by molar-refractivity contribution is 7.14. The molecule has 1 atom stereocenters. The van der Waals surface area contributed by atoms with Gasteiger partial charge in [0.15, 0.2) is 0 Å². The van der Waals surface area contributed by atoms with Crippen molar-refractivity contribution in [3.05, 3.63) is 62.6 Å². The van der Waals surface area contributed by atoms with Gasteiger partial charge >= 0.3 is 0 Å². The number of aromatic nitrogens is 1. The first-order valence-electron chi connectivity index (χ1n) is 9.38. The second-order valence-corrected chi connectivity index (χ2v) is 8.85. The zero-order valence-electron chi connectivity index (χ0n) is 15.8. The predicted octanol–water partition coefficient (Wildman–Crippen LogP) is 3.98. The first-order valence-corrected chi connectivity index (χ1v) is 11.1. The van der Waals surface area contributed by atoms with E-state index >= 15 is 0 Å². The highest BCUT2D eigenvalue weighted by Crippen LogP contribution is 2.29. The molecule has 2 aromatic heterocycles. The number of rotatable bonds is 6. The molecular weight excluding hydrogens is 390 g/mol. The Labute approximate surface area is 173 Å². The maximum atomic E-state index is 13.0. The van der Waals surface area contributed by atoms with E-state index in [0.717, 1.165) is 42.6 Å². The zero-order chi connectivity index (χ0) is 19.3. The number of thiophene rings is 1. The SMILES string of the molecule is Cc1nc(-c2ccccc2)c(C(=O)NC[C@@H](c2cccs2)N2CCOCC2)s1. The maximum absolute atomic E-state index is 13.0. The molecule has 1 aliphatic rings. The smallest absolute Gasteiger partial charge is 0.263 e. The summed E-state index contributed by atoms with van der Waals surface area (Å²) in [5, 5.41) is 6.15. The largest absolute Gasteiger partial charge is 0.379 e. The lowest BCUT2D eigenvalue weighted by molar-refractivity contribution is 0.0169. The number of aryl methyl sites for hydroxylation is 1. The molecule has 146 valence electrons. The van der Waals surface area contributed by atoms with Crippen molar-refractivity contribution in [1.82, 2.24) is 15.2 Å². The van der Waals surface area contributed by atoms with Crippen molar-refractivity contribution in [2.24, 2.45) is 0 Å². The van der Waals surface area contributed by atoms with Gasteiger partial charge in [0.05, 0.1) is 30.0 Å². The van der Waals surface area contributed by atoms with E-state index < -0.39 is 0 Å². The number of hydrogen-bond acceptors (Lipinski definition) is 6. The van der Waals surface area contributed by atoms with Crippen molar-refractivity contribution < 1.29 is 9.53 Å². The molecule has 1 amide bonds. The molecule has 1 aromatic carbocycles. The van der Waals surface area contributed by atoms with E-state index in [4.69, 9.17) is 4.74 Å². The van der Waals surface area contributed by atoms with Crippen LogP contribution < -0.4 is 5.32 Å². The number of nitrogens with one attached hydrogen (secondary N) is 1. The molecule has 0 radical (unpaired) electrons. The average Bonchev–Trinajstić information content (AvgIpc) is 3.39. The van der Waals surface area contributed by atoms with E-state index in [0.29, 0.717) is 11.4 Å². The molecule has 7 heteroatoms. The number of benzene rings is 1. The number of amides is 1. The average molecular weight is 414 g/mol. The molecule has 1 aliphatic heterocycles. The summed E-state index contributed by atoms with van der Waals surface area (Å²) in [5.41, 5.74) is 1.74. The van der Waals surface area contributed by atoms with Crippen molar-refractivity contribution in [3.8, 4) is 11.3 Å². The van der Waals surface area contributed by atoms with Crippen molar-refractivity contribution in [2.75, 3.05) is 32.8 Å². The van der Waals surface area contributed by atoms with Crippen molar-refractivity contribution in [1.29, 1.82) is 0 Å². The third-order valence-corrected chi connectivity index (χ3v) is 6.74. The van der Waals surface area contributed by atoms with Gasteiger partial charge in [-0.25, -0.2) is 4.98 Å². The summed E-state index contributed by atoms with van der Waals surface area (Å²) in [7, 11) is 0. The third kappa shape index (κ3) is 4.33. The van der Waals surface area contributed by atoms with Gasteiger partial charge in [-0.3, -0.25) is 9.69 Å². The van der Waals surface area contributed by atoms with Crippen LogP contribution in [0.15, 0.2) is 47.8 Å². The van der Waals surface area contributed by atoms with Crippen LogP contribution in [-0.2, 0) is 4.74 Å². The summed E-state index contributed by atoms with van der Waals surface area (Å²) in [6.07, 6.45) is 0. The van der Waals surface area contributed by atoms with Crippen LogP contribution in [-0.4, -0.2) is 48.6 Å². The van der Waals surface area contributed by atoms with Crippen LogP contribution in [0.2, 0.25) is 0 Å². The van der Waals surface area contributed by atoms with E-state index in [1.54, 1.807) is 11.3 Å². The number of ether oxygens (including phenoxy) is 1. The Bertz CT molecular complexity index is 903. The molecule has 0 saturated carbocycles. The number of carbonyl (C=O) groups is 1. The first-order chi connectivity index (χ1) is 13.7. The molecule has 0 bridgehead atoms. The highest BCUT2D eigenvalue weighted by Gasteiger charge is 2.25. The third-order valence-electron chi connectivity index (χ3n) is 4.80. The summed E-state index contributed by atoms with van der Waals surface area (Å²) in [4.78, 5) is 22.0. The van der Waals surface area contributed by atoms with E-state index in [2.05, 4.69) is 32.7 Å². The van der Waals surface area contributed by atoms with Gasteiger partial charge in [-0.15, -0.1) is 22.7 Å². The minimum absolute atomic E-state index is 0.0562. The van der Waals surface area contributed by atoms with Crippen molar-refractivity contribution in [3.63, 3.8) is 0 Å². The van der Waals surface area contributed by atoms with Crippen LogP contribution in [0.5, 0.6) is 0 Å². The normalized spacial score (nSPS) is 16.0. The van der Waals surface area contributed by atoms with Crippen LogP contribution in [0.25, 0.3) is 11.3 Å². The van der Waals surface area contributed by atoms with Gasteiger partial charge in [-0.05, 0) is 18.4 Å². The molecule has 0 unspecified atom stereocenters. The Morgan fingerprint density at radius 2 is 2.00 bits per heavy atom. The lowest BCUT2D eigenvalue weighted by Gasteiger charge is -2.34. The van der Waals surface area contributed by atoms with Gasteiger partial charge in [0.1, 0.15) is 4.88 Å². The number of morpholine rings is 1. The minimum atomic E-state index is -0.0562. The van der Waals surface area contributed by atoms with Crippen molar-refractivity contribution >= 4 is 28.6 Å². The quantitative estimate of drug-likeness (QED) is 0.664. The molecule has 4 rings (SSSR count). The molecule has 1 N–H and O–H groups in total. The van der Waals surface area contributed by atoms with Crippen molar-refractivity contribution in [2.45, 2.75) is 13.0 Å². The highest BCUT2D eigenvalue weighted by atomic mass is 32.1. The summed E-state index contributed by atoms with van der Waals surface area (Å²) in [6, 6.07) is 14.3. The van der Waals surface area contributed by atoms with Gasteiger partial charge < -0.3 is 10.1 Å². The van der Waals surface area contributed by atoms with Gasteiger partial charge in [-0.2, -0.15) is 0 Å². The minimum Gasteiger partial charge on any atom is -0.379 e. The van der Waals surface area contributed by atoms with E-state index in [1.165, 1.54) is 16.2 Å². The number of hydrogen-bond donors (Lipinski definition) is 1. The van der Waals surface area contributed by atoms with Crippen LogP contribution in [0.3, 0.4) is 0 Å². The molecule has 1 saturated heterocycles. The van der Waals surface area contributed by atoms with E-state index in [1.807, 2.05) is 37.3 Å². The molecule has 3 heterocycles. The summed E-state index contributed by atoms with van der Waals surface area (Å²) in [5.74, 6) is -0.0562. The van der Waals surface area contributed by atoms with Crippen LogP contribution in [0, 0.1) is 6.92 Å². The number of carbonyl (C=O) groups excluding carboxylic acids is 1. The fourth-order valence-electron chi connectivity index (χ4n) is 3.42. The van der Waals surface area contributed by atoms with E-state index in [-0.39, 0.29) is 11.9 Å². The second kappa shape index (κ2) is 8.96. The Kier molecular flexibility index (Phi) is 6.17.